The first-order valence-electron chi connectivity index (χ1n) is 18.3. The fraction of sp³-hybridized carbons (Fsp3) is 0.130. The zero-order valence-electron chi connectivity index (χ0n) is 30.9. The van der Waals surface area contributed by atoms with Gasteiger partial charge in [-0.2, -0.15) is 0 Å². The Morgan fingerprint density at radius 1 is 0.418 bits per heavy atom. The van der Waals surface area contributed by atoms with Crippen molar-refractivity contribution in [2.24, 2.45) is 0 Å². The molecule has 0 amide bonds. The molecule has 2 atom stereocenters. The molecule has 0 aliphatic carbocycles. The molecule has 10 aromatic rings. The fourth-order valence-electron chi connectivity index (χ4n) is 7.82. The van der Waals surface area contributed by atoms with E-state index in [1.807, 2.05) is 37.5 Å². The molecule has 9 heteroatoms. The lowest BCUT2D eigenvalue weighted by molar-refractivity contribution is 0.108. The summed E-state index contributed by atoms with van der Waals surface area (Å²) in [4.78, 5) is 0. The number of nitrogens with zero attached hydrogens (tertiary/aromatic N) is 2. The van der Waals surface area contributed by atoms with Gasteiger partial charge in [0.15, 0.2) is 0 Å². The molecule has 0 aliphatic rings. The lowest BCUT2D eigenvalue weighted by Crippen LogP contribution is -2.02. The third-order valence-corrected chi connectivity index (χ3v) is 13.0. The van der Waals surface area contributed by atoms with Gasteiger partial charge in [0.1, 0.15) is 22.3 Å². The first kappa shape index (κ1) is 34.0. The van der Waals surface area contributed by atoms with E-state index in [2.05, 4.69) is 133 Å². The third-order valence-electron chi connectivity index (χ3n) is 10.3. The topological polar surface area (TPSA) is 68.3 Å². The van der Waals surface area contributed by atoms with Crippen molar-refractivity contribution in [2.45, 2.75) is 13.2 Å². The average Bonchev–Trinajstić information content (AvgIpc) is 3.51. The minimum Gasteiger partial charge on any atom is -0.408 e. The molecule has 7 nitrogen and oxygen atoms in total. The molecule has 0 spiro atoms. The van der Waals surface area contributed by atoms with Crippen LogP contribution in [0, 0.1) is 0 Å². The van der Waals surface area contributed by atoms with Crippen LogP contribution >= 0.6 is 16.3 Å². The van der Waals surface area contributed by atoms with Gasteiger partial charge in [-0.05, 0) is 67.4 Å². The van der Waals surface area contributed by atoms with Crippen molar-refractivity contribution in [2.75, 3.05) is 37.5 Å². The number of hydrogen-bond donors (Lipinski definition) is 0. The highest BCUT2D eigenvalue weighted by atomic mass is 31.1. The minimum absolute atomic E-state index is 0.309. The molecule has 2 heterocycles. The second-order valence-electron chi connectivity index (χ2n) is 14.3. The Morgan fingerprint density at radius 3 is 1.18 bits per heavy atom. The summed E-state index contributed by atoms with van der Waals surface area (Å²) in [7, 11) is 5.06. The molecular weight excluding hydrogens is 722 g/mol. The molecule has 0 saturated carbocycles. The summed E-state index contributed by atoms with van der Waals surface area (Å²) in [5.41, 5.74) is 5.10. The van der Waals surface area contributed by atoms with Gasteiger partial charge in [-0.3, -0.25) is 0 Å². The summed E-state index contributed by atoms with van der Waals surface area (Å²) in [6.07, 6.45) is 0. The van der Waals surface area contributed by atoms with Gasteiger partial charge >= 0.3 is 16.3 Å². The maximum atomic E-state index is 6.92. The summed E-state index contributed by atoms with van der Waals surface area (Å²) >= 11 is 0. The Morgan fingerprint density at radius 2 is 0.782 bits per heavy atom. The number of fused-ring (bicyclic) bond motifs is 14. The highest BCUT2D eigenvalue weighted by Gasteiger charge is 2.20. The molecule has 0 N–H and O–H groups in total. The van der Waals surface area contributed by atoms with Gasteiger partial charge < -0.3 is 21.5 Å². The SMILES string of the molecule is CN(C)p1oc2ccc3ccccc3c2c2c(o1)c(COCc1cc3ccccc3c3c1op(N(C)C)oc1ccc4ccccc4c13)cc1ccccc12. The molecular formula is C46H38N2O5P2. The van der Waals surface area contributed by atoms with Crippen molar-refractivity contribution in [3.05, 3.63) is 145 Å². The quantitative estimate of drug-likeness (QED) is 0.167. The van der Waals surface area contributed by atoms with Gasteiger partial charge in [0.2, 0.25) is 0 Å². The lowest BCUT2D eigenvalue weighted by atomic mass is 9.96. The van der Waals surface area contributed by atoms with Gasteiger partial charge in [0.25, 0.3) is 0 Å². The van der Waals surface area contributed by atoms with E-state index in [-0.39, 0.29) is 0 Å². The summed E-state index contributed by atoms with van der Waals surface area (Å²) in [5.74, 6) is 0. The third kappa shape index (κ3) is 5.79. The van der Waals surface area contributed by atoms with Crippen LogP contribution in [0.4, 0.5) is 0 Å². The van der Waals surface area contributed by atoms with E-state index < -0.39 is 16.3 Å². The van der Waals surface area contributed by atoms with Crippen LogP contribution in [0.5, 0.6) is 0 Å². The summed E-state index contributed by atoms with van der Waals surface area (Å²) in [5, 5.41) is 13.1. The maximum Gasteiger partial charge on any atom is 0.309 e. The van der Waals surface area contributed by atoms with Crippen LogP contribution in [0.3, 0.4) is 0 Å². The van der Waals surface area contributed by atoms with Crippen molar-refractivity contribution in [1.82, 2.24) is 0 Å². The van der Waals surface area contributed by atoms with E-state index in [9.17, 15) is 0 Å². The van der Waals surface area contributed by atoms with Gasteiger partial charge in [-0.15, -0.1) is 0 Å². The van der Waals surface area contributed by atoms with E-state index >= 15 is 0 Å². The predicted molar refractivity (Wildman–Crippen MR) is 231 cm³/mol. The van der Waals surface area contributed by atoms with Crippen LogP contribution in [0.15, 0.2) is 150 Å². The predicted octanol–water partition coefficient (Wildman–Crippen LogP) is 13.6. The van der Waals surface area contributed by atoms with E-state index in [4.69, 9.17) is 21.5 Å². The fourth-order valence-corrected chi connectivity index (χ4v) is 9.92. The molecule has 0 saturated heterocycles. The second kappa shape index (κ2) is 13.6. The number of ether oxygens (including phenoxy) is 1. The summed E-state index contributed by atoms with van der Waals surface area (Å²) in [6, 6.07) is 46.7. The largest absolute Gasteiger partial charge is 0.408 e. The summed E-state index contributed by atoms with van der Waals surface area (Å²) in [6.45, 7) is 0.619. The van der Waals surface area contributed by atoms with E-state index in [0.29, 0.717) is 13.2 Å². The number of benzene rings is 8. The molecule has 0 fully saturated rings. The van der Waals surface area contributed by atoms with Gasteiger partial charge in [-0.1, -0.05) is 109 Å². The van der Waals surface area contributed by atoms with Gasteiger partial charge in [-0.25, -0.2) is 9.34 Å². The second-order valence-corrected chi connectivity index (χ2v) is 17.6. The Labute approximate surface area is 319 Å². The van der Waals surface area contributed by atoms with Crippen LogP contribution in [0.2, 0.25) is 0 Å². The molecule has 0 radical (unpaired) electrons. The number of hydrogen-bond acceptors (Lipinski definition) is 7. The molecule has 8 aromatic carbocycles. The number of rotatable bonds is 6. The first-order valence-corrected chi connectivity index (χ1v) is 20.6. The molecule has 10 rings (SSSR count). The zero-order chi connectivity index (χ0) is 37.2. The zero-order valence-corrected chi connectivity index (χ0v) is 32.7. The van der Waals surface area contributed by atoms with Crippen molar-refractivity contribution in [3.63, 3.8) is 0 Å². The van der Waals surface area contributed by atoms with Gasteiger partial charge in [0.05, 0.1) is 13.2 Å². The Bertz CT molecular complexity index is 3010. The van der Waals surface area contributed by atoms with Crippen molar-refractivity contribution in [1.29, 1.82) is 0 Å². The van der Waals surface area contributed by atoms with Crippen molar-refractivity contribution < 1.29 is 21.5 Å². The van der Waals surface area contributed by atoms with Crippen LogP contribution in [0.1, 0.15) is 11.1 Å². The minimum atomic E-state index is -1.46. The molecule has 272 valence electrons. The molecule has 0 aliphatic heterocycles. The van der Waals surface area contributed by atoms with Crippen molar-refractivity contribution >= 4 is 103 Å². The molecule has 55 heavy (non-hydrogen) atoms. The van der Waals surface area contributed by atoms with Crippen LogP contribution in [0.25, 0.3) is 87.0 Å². The molecule has 0 bridgehead atoms. The van der Waals surface area contributed by atoms with Crippen molar-refractivity contribution in [3.8, 4) is 0 Å². The van der Waals surface area contributed by atoms with Crippen LogP contribution < -0.4 is 9.34 Å². The first-order chi connectivity index (χ1) is 26.9. The smallest absolute Gasteiger partial charge is 0.309 e. The van der Waals surface area contributed by atoms with Crippen LogP contribution in [-0.4, -0.2) is 28.2 Å². The van der Waals surface area contributed by atoms with Gasteiger partial charge in [0, 0.05) is 60.9 Å². The highest BCUT2D eigenvalue weighted by Crippen LogP contribution is 2.45. The van der Waals surface area contributed by atoms with Crippen LogP contribution in [-0.2, 0) is 18.0 Å². The van der Waals surface area contributed by atoms with E-state index in [1.165, 1.54) is 0 Å². The Balaban J connectivity index is 1.20. The monoisotopic (exact) mass is 760 g/mol. The van der Waals surface area contributed by atoms with E-state index in [0.717, 1.165) is 98.1 Å². The molecule has 2 aromatic heterocycles. The lowest BCUT2D eigenvalue weighted by Gasteiger charge is -2.13. The van der Waals surface area contributed by atoms with E-state index in [1.54, 1.807) is 0 Å². The highest BCUT2D eigenvalue weighted by molar-refractivity contribution is 7.39. The standard InChI is InChI=1S/C46H38N2O5P2/c1-47(2)54-50-39-23-21-29-13-5-9-17-35(29)41(39)43-37-19-11-7-15-31(37)25-33(45(43)52-54)27-49-28-34-26-32-16-8-12-20-38(32)44-42-36-18-10-6-14-30(36)22-24-40(42)51-55(48(3)4)53-46(34)44/h5-26H,27-28H2,1-4H3. The normalized spacial score (nSPS) is 12.8. The Kier molecular flexibility index (Phi) is 8.44. The summed E-state index contributed by atoms with van der Waals surface area (Å²) < 4.78 is 38.0. The Hall–Kier alpha value is -5.52. The maximum absolute atomic E-state index is 6.92. The average molecular weight is 761 g/mol. The molecule has 2 unspecified atom stereocenters.